The second kappa shape index (κ2) is 12.9. The molecule has 0 saturated carbocycles. The number of pyridine rings is 1. The van der Waals surface area contributed by atoms with Crippen LogP contribution in [0.4, 0.5) is 11.5 Å². The minimum Gasteiger partial charge on any atom is -0.476 e. The van der Waals surface area contributed by atoms with Crippen LogP contribution in [0.25, 0.3) is 0 Å². The van der Waals surface area contributed by atoms with Crippen molar-refractivity contribution in [3.05, 3.63) is 71.2 Å². The molecule has 2 aliphatic heterocycles. The number of hydrogen-bond acceptors (Lipinski definition) is 8. The summed E-state index contributed by atoms with van der Waals surface area (Å²) < 4.78 is 17.1. The van der Waals surface area contributed by atoms with Gasteiger partial charge in [0.1, 0.15) is 23.5 Å². The number of rotatable bonds is 10. The molecule has 0 spiro atoms. The largest absolute Gasteiger partial charge is 0.476 e. The third-order valence-electron chi connectivity index (χ3n) is 7.26. The van der Waals surface area contributed by atoms with Gasteiger partial charge in [0.15, 0.2) is 0 Å². The van der Waals surface area contributed by atoms with E-state index in [1.54, 1.807) is 22.8 Å². The molecule has 1 saturated heterocycles. The second-order valence-electron chi connectivity index (χ2n) is 9.93. The number of amides is 3. The fraction of sp³-hybridized carbons (Fsp3) is 0.400. The highest BCUT2D eigenvalue weighted by atomic mass is 16.5. The molecule has 1 aromatic carbocycles. The number of nitrogens with one attached hydrogen (secondary N) is 1. The molecule has 0 atom stereocenters. The van der Waals surface area contributed by atoms with Crippen molar-refractivity contribution in [1.82, 2.24) is 14.8 Å². The van der Waals surface area contributed by atoms with Crippen LogP contribution in [-0.2, 0) is 22.6 Å². The van der Waals surface area contributed by atoms with Crippen LogP contribution in [0.1, 0.15) is 45.9 Å². The van der Waals surface area contributed by atoms with Crippen LogP contribution in [0, 0.1) is 0 Å². The van der Waals surface area contributed by atoms with Crippen LogP contribution in [0.5, 0.6) is 5.88 Å². The molecule has 41 heavy (non-hydrogen) atoms. The molecule has 0 unspecified atom stereocenters. The summed E-state index contributed by atoms with van der Waals surface area (Å²) in [5.41, 5.74) is 1.92. The molecule has 1 fully saturated rings. The van der Waals surface area contributed by atoms with Gasteiger partial charge in [0.05, 0.1) is 30.9 Å². The number of piperazine rings is 1. The number of fused-ring (bicyclic) bond motifs is 1. The van der Waals surface area contributed by atoms with Gasteiger partial charge in [0, 0.05) is 52.6 Å². The number of furan rings is 1. The molecule has 3 aromatic rings. The zero-order valence-electron chi connectivity index (χ0n) is 23.4. The van der Waals surface area contributed by atoms with Crippen molar-refractivity contribution >= 4 is 29.2 Å². The molecule has 0 radical (unpaired) electrons. The Bertz CT molecular complexity index is 1380. The van der Waals surface area contributed by atoms with E-state index in [0.717, 1.165) is 5.56 Å². The molecule has 3 amide bonds. The molecule has 2 aromatic heterocycles. The van der Waals surface area contributed by atoms with Crippen LogP contribution >= 0.6 is 0 Å². The van der Waals surface area contributed by atoms with E-state index in [0.29, 0.717) is 82.8 Å². The van der Waals surface area contributed by atoms with Crippen LogP contribution in [0.15, 0.2) is 53.1 Å². The molecule has 4 heterocycles. The molecule has 2 aliphatic rings. The highest BCUT2D eigenvalue weighted by Crippen LogP contribution is 2.29. The highest BCUT2D eigenvalue weighted by molar-refractivity contribution is 6.13. The fourth-order valence-corrected chi connectivity index (χ4v) is 5.02. The van der Waals surface area contributed by atoms with Gasteiger partial charge in [-0.05, 0) is 24.6 Å². The summed E-state index contributed by atoms with van der Waals surface area (Å²) >= 11 is 0. The van der Waals surface area contributed by atoms with Gasteiger partial charge in [-0.1, -0.05) is 30.3 Å². The Morgan fingerprint density at radius 2 is 1.83 bits per heavy atom. The van der Waals surface area contributed by atoms with Crippen molar-refractivity contribution in [3.8, 4) is 5.88 Å². The second-order valence-corrected chi connectivity index (χ2v) is 9.93. The third-order valence-corrected chi connectivity index (χ3v) is 7.26. The van der Waals surface area contributed by atoms with Crippen LogP contribution in [0.2, 0.25) is 0 Å². The molecule has 0 bridgehead atoms. The van der Waals surface area contributed by atoms with Crippen molar-refractivity contribution < 1.29 is 28.3 Å². The summed E-state index contributed by atoms with van der Waals surface area (Å²) in [6.45, 7) is 8.08. The Hall–Kier alpha value is -4.38. The van der Waals surface area contributed by atoms with Crippen molar-refractivity contribution in [2.75, 3.05) is 62.7 Å². The van der Waals surface area contributed by atoms with Crippen LogP contribution in [-0.4, -0.2) is 85.0 Å². The zero-order chi connectivity index (χ0) is 28.8. The minimum atomic E-state index is -0.476. The molecule has 5 rings (SSSR count). The maximum absolute atomic E-state index is 13.4. The molecule has 216 valence electrons. The number of carbonyl (C=O) groups excluding carboxylic acids is 3. The van der Waals surface area contributed by atoms with E-state index in [-0.39, 0.29) is 28.8 Å². The van der Waals surface area contributed by atoms with Crippen molar-refractivity contribution in [3.63, 3.8) is 0 Å². The van der Waals surface area contributed by atoms with Gasteiger partial charge in [0.2, 0.25) is 11.8 Å². The SMILES string of the molecule is CCOc1nc(N2CCN(C(C)=O)CC2)ccc1NC(=O)c1coc2c1C(=O)N(CCOCc1ccccc1)CC2. The Labute approximate surface area is 239 Å². The number of carbonyl (C=O) groups is 3. The molecule has 1 N–H and O–H groups in total. The van der Waals surface area contributed by atoms with Gasteiger partial charge in [-0.3, -0.25) is 14.4 Å². The van der Waals surface area contributed by atoms with Gasteiger partial charge in [-0.2, -0.15) is 4.98 Å². The normalized spacial score (nSPS) is 15.1. The van der Waals surface area contributed by atoms with E-state index in [1.807, 2.05) is 43.3 Å². The van der Waals surface area contributed by atoms with E-state index < -0.39 is 5.91 Å². The molecule has 11 heteroatoms. The van der Waals surface area contributed by atoms with Gasteiger partial charge in [-0.15, -0.1) is 0 Å². The first-order valence-corrected chi connectivity index (χ1v) is 13.9. The smallest absolute Gasteiger partial charge is 0.259 e. The van der Waals surface area contributed by atoms with Crippen molar-refractivity contribution in [1.29, 1.82) is 0 Å². The maximum Gasteiger partial charge on any atom is 0.259 e. The first kappa shape index (κ1) is 28.2. The Kier molecular flexibility index (Phi) is 8.83. The topological polar surface area (TPSA) is 117 Å². The fourth-order valence-electron chi connectivity index (χ4n) is 5.02. The predicted octanol–water partition coefficient (Wildman–Crippen LogP) is 3.21. The maximum atomic E-state index is 13.4. The Balaban J connectivity index is 1.23. The first-order valence-electron chi connectivity index (χ1n) is 13.9. The van der Waals surface area contributed by atoms with Gasteiger partial charge >= 0.3 is 0 Å². The standard InChI is InChI=1S/C30H35N5O6/c1-3-40-29-24(9-10-26(32-29)34-15-13-33(14-16-34)21(2)36)31-28(37)23-20-41-25-11-12-35(30(38)27(23)25)17-18-39-19-22-7-5-4-6-8-22/h4-10,20H,3,11-19H2,1-2H3,(H,31,37). The molecule has 11 nitrogen and oxygen atoms in total. The number of benzene rings is 1. The first-order chi connectivity index (χ1) is 19.9. The monoisotopic (exact) mass is 561 g/mol. The minimum absolute atomic E-state index is 0.0603. The summed E-state index contributed by atoms with van der Waals surface area (Å²) in [6, 6.07) is 13.4. The van der Waals surface area contributed by atoms with E-state index >= 15 is 0 Å². The lowest BCUT2D eigenvalue weighted by atomic mass is 10.0. The lowest BCUT2D eigenvalue weighted by Crippen LogP contribution is -2.48. The van der Waals surface area contributed by atoms with Crippen molar-refractivity contribution in [2.45, 2.75) is 26.9 Å². The molecular formula is C30H35N5O6. The summed E-state index contributed by atoms with van der Waals surface area (Å²) in [5, 5.41) is 2.85. The number of anilines is 2. The van der Waals surface area contributed by atoms with Gasteiger partial charge in [0.25, 0.3) is 11.8 Å². The highest BCUT2D eigenvalue weighted by Gasteiger charge is 2.33. The quantitative estimate of drug-likeness (QED) is 0.375. The summed E-state index contributed by atoms with van der Waals surface area (Å²) in [7, 11) is 0. The number of nitrogens with zero attached hydrogens (tertiary/aromatic N) is 4. The lowest BCUT2D eigenvalue weighted by Gasteiger charge is -2.35. The van der Waals surface area contributed by atoms with Gasteiger partial charge in [-0.25, -0.2) is 0 Å². The summed E-state index contributed by atoms with van der Waals surface area (Å²) in [6.07, 6.45) is 1.86. The average molecular weight is 562 g/mol. The van der Waals surface area contributed by atoms with Crippen LogP contribution < -0.4 is 15.0 Å². The Morgan fingerprint density at radius 3 is 2.56 bits per heavy atom. The average Bonchev–Trinajstić information content (AvgIpc) is 3.43. The number of ether oxygens (including phenoxy) is 2. The van der Waals surface area contributed by atoms with E-state index in [2.05, 4.69) is 15.2 Å². The summed E-state index contributed by atoms with van der Waals surface area (Å²) in [4.78, 5) is 48.6. The molecular weight excluding hydrogens is 526 g/mol. The third kappa shape index (κ3) is 6.51. The van der Waals surface area contributed by atoms with E-state index in [4.69, 9.17) is 13.9 Å². The van der Waals surface area contributed by atoms with E-state index in [9.17, 15) is 14.4 Å². The van der Waals surface area contributed by atoms with Crippen LogP contribution in [0.3, 0.4) is 0 Å². The predicted molar refractivity (Wildman–Crippen MR) is 152 cm³/mol. The number of aromatic nitrogens is 1. The zero-order valence-corrected chi connectivity index (χ0v) is 23.4. The molecule has 0 aliphatic carbocycles. The lowest BCUT2D eigenvalue weighted by molar-refractivity contribution is -0.129. The number of hydrogen-bond donors (Lipinski definition) is 1. The van der Waals surface area contributed by atoms with Gasteiger partial charge < -0.3 is 33.9 Å². The van der Waals surface area contributed by atoms with Crippen molar-refractivity contribution in [2.24, 2.45) is 0 Å². The summed E-state index contributed by atoms with van der Waals surface area (Å²) in [5.74, 6) is 0.826. The van der Waals surface area contributed by atoms with E-state index in [1.165, 1.54) is 6.26 Å². The Morgan fingerprint density at radius 1 is 1.05 bits per heavy atom.